The number of hydrogen-bond acceptors (Lipinski definition) is 4. The van der Waals surface area contributed by atoms with Gasteiger partial charge < -0.3 is 10.2 Å². The first-order chi connectivity index (χ1) is 13.3. The molecule has 1 saturated heterocycles. The van der Waals surface area contributed by atoms with Gasteiger partial charge in [0.25, 0.3) is 15.9 Å². The van der Waals surface area contributed by atoms with Crippen molar-refractivity contribution in [1.82, 2.24) is 4.90 Å². The summed E-state index contributed by atoms with van der Waals surface area (Å²) in [4.78, 5) is 26.2. The molecule has 146 valence electrons. The fourth-order valence-corrected chi connectivity index (χ4v) is 4.84. The Morgan fingerprint density at radius 3 is 2.64 bits per heavy atom. The fraction of sp³-hybridized carbons (Fsp3) is 0.300. The monoisotopic (exact) mass is 399 g/mol. The maximum Gasteiger partial charge on any atom is 0.261 e. The maximum atomic E-state index is 13.0. The summed E-state index contributed by atoms with van der Waals surface area (Å²) in [6.45, 7) is 3.14. The first-order valence-corrected chi connectivity index (χ1v) is 10.7. The molecule has 2 heterocycles. The topological polar surface area (TPSA) is 95.6 Å². The summed E-state index contributed by atoms with van der Waals surface area (Å²) in [5.41, 5.74) is 2.60. The number of fused-ring (bicyclic) bond motifs is 1. The SMILES string of the molecule is Cc1cccc(C(=O)N2CCCC2)c1NS(=O)(=O)c1ccc2c(c1)CC(=O)N2. The Hall–Kier alpha value is -2.87. The van der Waals surface area contributed by atoms with E-state index >= 15 is 0 Å². The Morgan fingerprint density at radius 2 is 1.89 bits per heavy atom. The zero-order valence-corrected chi connectivity index (χ0v) is 16.3. The van der Waals surface area contributed by atoms with Crippen LogP contribution in [0.2, 0.25) is 0 Å². The van der Waals surface area contributed by atoms with E-state index in [1.807, 2.05) is 0 Å². The largest absolute Gasteiger partial charge is 0.339 e. The highest BCUT2D eigenvalue weighted by molar-refractivity contribution is 7.92. The normalized spacial score (nSPS) is 16.0. The van der Waals surface area contributed by atoms with Crippen LogP contribution in [0.15, 0.2) is 41.3 Å². The van der Waals surface area contributed by atoms with Crippen LogP contribution in [0.5, 0.6) is 0 Å². The second kappa shape index (κ2) is 6.94. The first kappa shape index (κ1) is 18.5. The van der Waals surface area contributed by atoms with Gasteiger partial charge in [-0.15, -0.1) is 0 Å². The molecule has 0 bridgehead atoms. The molecule has 2 aliphatic heterocycles. The molecule has 7 nitrogen and oxygen atoms in total. The first-order valence-electron chi connectivity index (χ1n) is 9.20. The van der Waals surface area contributed by atoms with Crippen LogP contribution in [0.1, 0.15) is 34.3 Å². The fourth-order valence-electron chi connectivity index (χ4n) is 3.64. The molecule has 0 atom stereocenters. The lowest BCUT2D eigenvalue weighted by Crippen LogP contribution is -2.29. The molecule has 2 aliphatic rings. The quantitative estimate of drug-likeness (QED) is 0.826. The zero-order valence-electron chi connectivity index (χ0n) is 15.5. The number of hydrogen-bond donors (Lipinski definition) is 2. The number of amides is 2. The molecule has 1 fully saturated rings. The molecule has 28 heavy (non-hydrogen) atoms. The highest BCUT2D eigenvalue weighted by Gasteiger charge is 2.26. The Labute approximate surface area is 163 Å². The number of benzene rings is 2. The van der Waals surface area contributed by atoms with Gasteiger partial charge in [-0.25, -0.2) is 8.42 Å². The van der Waals surface area contributed by atoms with E-state index in [4.69, 9.17) is 0 Å². The number of nitrogens with one attached hydrogen (secondary N) is 2. The lowest BCUT2D eigenvalue weighted by molar-refractivity contribution is -0.115. The minimum absolute atomic E-state index is 0.0607. The molecule has 2 amide bonds. The van der Waals surface area contributed by atoms with Crippen LogP contribution in [0.4, 0.5) is 11.4 Å². The average Bonchev–Trinajstić information content (AvgIpc) is 3.30. The third kappa shape index (κ3) is 3.35. The van der Waals surface area contributed by atoms with Crippen LogP contribution in [-0.2, 0) is 21.2 Å². The summed E-state index contributed by atoms with van der Waals surface area (Å²) in [6, 6.07) is 9.70. The van der Waals surface area contributed by atoms with Gasteiger partial charge in [0.1, 0.15) is 0 Å². The number of rotatable bonds is 4. The van der Waals surface area contributed by atoms with E-state index in [1.165, 1.54) is 12.1 Å². The third-order valence-electron chi connectivity index (χ3n) is 5.15. The van der Waals surface area contributed by atoms with E-state index < -0.39 is 10.0 Å². The van der Waals surface area contributed by atoms with Crippen molar-refractivity contribution in [3.63, 3.8) is 0 Å². The number of aryl methyl sites for hydroxylation is 1. The maximum absolute atomic E-state index is 13.0. The van der Waals surface area contributed by atoms with Crippen LogP contribution in [0.25, 0.3) is 0 Å². The average molecular weight is 399 g/mol. The molecule has 0 spiro atoms. The molecule has 2 aromatic carbocycles. The Morgan fingerprint density at radius 1 is 1.14 bits per heavy atom. The number of nitrogens with zero attached hydrogens (tertiary/aromatic N) is 1. The number of carbonyl (C=O) groups is 2. The Bertz CT molecular complexity index is 1070. The van der Waals surface area contributed by atoms with E-state index in [0.29, 0.717) is 41.2 Å². The molecule has 4 rings (SSSR count). The van der Waals surface area contributed by atoms with Crippen molar-refractivity contribution in [2.24, 2.45) is 0 Å². The van der Waals surface area contributed by atoms with Crippen LogP contribution in [-0.4, -0.2) is 38.2 Å². The van der Waals surface area contributed by atoms with Gasteiger partial charge in [0.15, 0.2) is 0 Å². The van der Waals surface area contributed by atoms with Crippen LogP contribution >= 0.6 is 0 Å². The van der Waals surface area contributed by atoms with Crippen molar-refractivity contribution in [1.29, 1.82) is 0 Å². The summed E-state index contributed by atoms with van der Waals surface area (Å²) in [7, 11) is -3.91. The summed E-state index contributed by atoms with van der Waals surface area (Å²) in [6.07, 6.45) is 2.07. The molecule has 0 aromatic heterocycles. The minimum Gasteiger partial charge on any atom is -0.339 e. The van der Waals surface area contributed by atoms with Gasteiger partial charge in [0.05, 0.1) is 22.6 Å². The van der Waals surface area contributed by atoms with Gasteiger partial charge in [0.2, 0.25) is 5.91 Å². The number of anilines is 2. The van der Waals surface area contributed by atoms with Crippen molar-refractivity contribution < 1.29 is 18.0 Å². The van der Waals surface area contributed by atoms with Gasteiger partial charge in [-0.2, -0.15) is 0 Å². The van der Waals surface area contributed by atoms with Gasteiger partial charge >= 0.3 is 0 Å². The van der Waals surface area contributed by atoms with Crippen molar-refractivity contribution in [3.05, 3.63) is 53.1 Å². The third-order valence-corrected chi connectivity index (χ3v) is 6.49. The van der Waals surface area contributed by atoms with Crippen LogP contribution in [0.3, 0.4) is 0 Å². The lowest BCUT2D eigenvalue weighted by Gasteiger charge is -2.20. The molecule has 0 aliphatic carbocycles. The van der Waals surface area contributed by atoms with E-state index in [2.05, 4.69) is 10.0 Å². The van der Waals surface area contributed by atoms with E-state index in [1.54, 1.807) is 36.1 Å². The lowest BCUT2D eigenvalue weighted by atomic mass is 10.1. The molecule has 0 saturated carbocycles. The van der Waals surface area contributed by atoms with Crippen molar-refractivity contribution in [3.8, 4) is 0 Å². The molecule has 0 unspecified atom stereocenters. The number of likely N-dealkylation sites (tertiary alicyclic amines) is 1. The van der Waals surface area contributed by atoms with Gasteiger partial charge in [0, 0.05) is 18.8 Å². The molecular formula is C20H21N3O4S. The number of para-hydroxylation sites is 1. The zero-order chi connectivity index (χ0) is 19.9. The highest BCUT2D eigenvalue weighted by Crippen LogP contribution is 2.29. The molecular weight excluding hydrogens is 378 g/mol. The number of carbonyl (C=O) groups excluding carboxylic acids is 2. The van der Waals surface area contributed by atoms with Gasteiger partial charge in [-0.05, 0) is 55.2 Å². The predicted octanol–water partition coefficient (Wildman–Crippen LogP) is 2.53. The number of sulfonamides is 1. The molecule has 0 radical (unpaired) electrons. The minimum atomic E-state index is -3.91. The van der Waals surface area contributed by atoms with E-state index in [9.17, 15) is 18.0 Å². The highest BCUT2D eigenvalue weighted by atomic mass is 32.2. The van der Waals surface area contributed by atoms with E-state index in [-0.39, 0.29) is 23.1 Å². The second-order valence-corrected chi connectivity index (χ2v) is 8.83. The van der Waals surface area contributed by atoms with Crippen molar-refractivity contribution >= 4 is 33.2 Å². The van der Waals surface area contributed by atoms with Crippen LogP contribution < -0.4 is 10.0 Å². The molecule has 2 aromatic rings. The summed E-state index contributed by atoms with van der Waals surface area (Å²) < 4.78 is 28.6. The summed E-state index contributed by atoms with van der Waals surface area (Å²) in [5.74, 6) is -0.322. The molecule has 8 heteroatoms. The second-order valence-electron chi connectivity index (χ2n) is 7.15. The standard InChI is InChI=1S/C20H21N3O4S/c1-13-5-4-6-16(20(25)23-9-2-3-10-23)19(13)22-28(26,27)15-7-8-17-14(11-15)12-18(24)21-17/h4-8,11,22H,2-3,9-10,12H2,1H3,(H,21,24). The van der Waals surface area contributed by atoms with E-state index in [0.717, 1.165) is 12.8 Å². The predicted molar refractivity (Wildman–Crippen MR) is 106 cm³/mol. The Kier molecular flexibility index (Phi) is 4.58. The summed E-state index contributed by atoms with van der Waals surface area (Å²) >= 11 is 0. The smallest absolute Gasteiger partial charge is 0.261 e. The van der Waals surface area contributed by atoms with Crippen molar-refractivity contribution in [2.75, 3.05) is 23.1 Å². The van der Waals surface area contributed by atoms with Crippen LogP contribution in [0, 0.1) is 6.92 Å². The Balaban J connectivity index is 1.68. The van der Waals surface area contributed by atoms with Gasteiger partial charge in [-0.1, -0.05) is 12.1 Å². The van der Waals surface area contributed by atoms with Gasteiger partial charge in [-0.3, -0.25) is 14.3 Å². The summed E-state index contributed by atoms with van der Waals surface area (Å²) in [5, 5.41) is 2.69. The molecule has 2 N–H and O–H groups in total. The van der Waals surface area contributed by atoms with Crippen molar-refractivity contribution in [2.45, 2.75) is 31.1 Å².